The molecular weight excluding hydrogens is 448 g/mol. The van der Waals surface area contributed by atoms with Crippen LogP contribution < -0.4 is 5.32 Å². The Morgan fingerprint density at radius 2 is 2.08 bits per heavy atom. The lowest BCUT2D eigenvalue weighted by atomic mass is 10.0. The quantitative estimate of drug-likeness (QED) is 0.733. The molecule has 2 heterocycles. The van der Waals surface area contributed by atoms with E-state index in [9.17, 15) is 13.2 Å². The summed E-state index contributed by atoms with van der Waals surface area (Å²) in [6.07, 6.45) is 2.05. The van der Waals surface area contributed by atoms with Crippen LogP contribution in [0.4, 0.5) is 5.69 Å². The Kier molecular flexibility index (Phi) is 5.85. The average molecular weight is 464 g/mol. The molecule has 1 aliphatic rings. The molecule has 3 rings (SSSR count). The fourth-order valence-electron chi connectivity index (χ4n) is 2.80. The predicted octanol–water partition coefficient (Wildman–Crippen LogP) is 4.35. The Hall–Kier alpha value is -0.930. The molecular formula is C16H16BrClN2O3S2. The summed E-state index contributed by atoms with van der Waals surface area (Å²) in [6, 6.07) is 9.52. The van der Waals surface area contributed by atoms with Crippen LogP contribution in [0.2, 0.25) is 4.34 Å². The van der Waals surface area contributed by atoms with Crippen molar-refractivity contribution in [1.29, 1.82) is 0 Å². The molecule has 134 valence electrons. The molecule has 1 unspecified atom stereocenters. The van der Waals surface area contributed by atoms with E-state index in [0.29, 0.717) is 23.0 Å². The highest BCUT2D eigenvalue weighted by Gasteiger charge is 2.38. The third kappa shape index (κ3) is 4.25. The maximum atomic E-state index is 12.9. The molecule has 1 N–H and O–H groups in total. The first-order valence-electron chi connectivity index (χ1n) is 7.71. The van der Waals surface area contributed by atoms with Gasteiger partial charge in [0.25, 0.3) is 10.0 Å². The van der Waals surface area contributed by atoms with Crippen molar-refractivity contribution in [2.75, 3.05) is 11.9 Å². The van der Waals surface area contributed by atoms with Crippen molar-refractivity contribution in [2.45, 2.75) is 29.5 Å². The molecule has 1 aromatic heterocycles. The normalized spacial score (nSPS) is 18.9. The number of hydrogen-bond acceptors (Lipinski definition) is 4. The summed E-state index contributed by atoms with van der Waals surface area (Å²) >= 11 is 10.2. The van der Waals surface area contributed by atoms with E-state index in [1.54, 1.807) is 18.2 Å². The van der Waals surface area contributed by atoms with E-state index < -0.39 is 16.1 Å². The molecule has 1 aliphatic heterocycles. The zero-order chi connectivity index (χ0) is 18.0. The number of thiophene rings is 1. The minimum Gasteiger partial charge on any atom is -0.325 e. The number of amides is 1. The smallest absolute Gasteiger partial charge is 0.253 e. The summed E-state index contributed by atoms with van der Waals surface area (Å²) in [5.41, 5.74) is 0.626. The number of hydrogen-bond donors (Lipinski definition) is 1. The van der Waals surface area contributed by atoms with Gasteiger partial charge in [-0.25, -0.2) is 8.42 Å². The van der Waals surface area contributed by atoms with Crippen LogP contribution in [-0.2, 0) is 14.8 Å². The van der Waals surface area contributed by atoms with Crippen molar-refractivity contribution in [3.63, 3.8) is 0 Å². The number of sulfonamides is 1. The Morgan fingerprint density at radius 3 is 2.76 bits per heavy atom. The first kappa shape index (κ1) is 18.8. The number of carbonyl (C=O) groups is 1. The standard InChI is InChI=1S/C16H16BrClN2O3S2/c17-11-4-3-5-12(10-11)19-16(21)13-6-1-2-9-20(13)25(22,23)15-8-7-14(18)24-15/h3-5,7-8,10,13H,1-2,6,9H2,(H,19,21). The highest BCUT2D eigenvalue weighted by atomic mass is 79.9. The lowest BCUT2D eigenvalue weighted by Crippen LogP contribution is -2.49. The fourth-order valence-corrected chi connectivity index (χ4v) is 6.47. The maximum absolute atomic E-state index is 12.9. The van der Waals surface area contributed by atoms with Crippen molar-refractivity contribution in [3.8, 4) is 0 Å². The van der Waals surface area contributed by atoms with Crippen LogP contribution in [0.15, 0.2) is 45.1 Å². The first-order valence-corrected chi connectivity index (χ1v) is 11.1. The van der Waals surface area contributed by atoms with Gasteiger partial charge in [-0.15, -0.1) is 11.3 Å². The molecule has 0 spiro atoms. The van der Waals surface area contributed by atoms with Gasteiger partial charge in [0.05, 0.1) is 4.34 Å². The lowest BCUT2D eigenvalue weighted by Gasteiger charge is -2.33. The molecule has 0 saturated carbocycles. The predicted molar refractivity (Wildman–Crippen MR) is 104 cm³/mol. The number of anilines is 1. The Bertz CT molecular complexity index is 885. The van der Waals surface area contributed by atoms with Gasteiger partial charge in [0.1, 0.15) is 10.3 Å². The van der Waals surface area contributed by atoms with E-state index in [4.69, 9.17) is 11.6 Å². The van der Waals surface area contributed by atoms with Gasteiger partial charge in [-0.2, -0.15) is 4.31 Å². The van der Waals surface area contributed by atoms with Gasteiger partial charge in [0.15, 0.2) is 0 Å². The van der Waals surface area contributed by atoms with Crippen LogP contribution in [-0.4, -0.2) is 31.2 Å². The van der Waals surface area contributed by atoms with E-state index in [2.05, 4.69) is 21.2 Å². The van der Waals surface area contributed by atoms with Crippen LogP contribution in [0.1, 0.15) is 19.3 Å². The molecule has 1 aromatic carbocycles. The summed E-state index contributed by atoms with van der Waals surface area (Å²) in [4.78, 5) is 12.7. The summed E-state index contributed by atoms with van der Waals surface area (Å²) < 4.78 is 28.5. The number of piperidine rings is 1. The van der Waals surface area contributed by atoms with Crippen LogP contribution in [0, 0.1) is 0 Å². The molecule has 1 atom stereocenters. The van der Waals surface area contributed by atoms with Gasteiger partial charge in [-0.1, -0.05) is 40.0 Å². The van der Waals surface area contributed by atoms with Crippen LogP contribution in [0.25, 0.3) is 0 Å². The van der Waals surface area contributed by atoms with Gasteiger partial charge in [-0.3, -0.25) is 4.79 Å². The molecule has 0 aliphatic carbocycles. The molecule has 5 nitrogen and oxygen atoms in total. The summed E-state index contributed by atoms with van der Waals surface area (Å²) in [5.74, 6) is -0.316. The molecule has 0 bridgehead atoms. The minimum atomic E-state index is -3.74. The van der Waals surface area contributed by atoms with Gasteiger partial charge in [-0.05, 0) is 43.2 Å². The molecule has 9 heteroatoms. The Morgan fingerprint density at radius 1 is 1.28 bits per heavy atom. The number of benzene rings is 1. The molecule has 1 amide bonds. The van der Waals surface area contributed by atoms with E-state index >= 15 is 0 Å². The van der Waals surface area contributed by atoms with E-state index in [-0.39, 0.29) is 10.1 Å². The number of rotatable bonds is 4. The van der Waals surface area contributed by atoms with E-state index in [1.165, 1.54) is 10.4 Å². The number of nitrogens with zero attached hydrogens (tertiary/aromatic N) is 1. The topological polar surface area (TPSA) is 66.5 Å². The number of nitrogens with one attached hydrogen (secondary N) is 1. The van der Waals surface area contributed by atoms with Gasteiger partial charge in [0.2, 0.25) is 5.91 Å². The van der Waals surface area contributed by atoms with Gasteiger partial charge in [0, 0.05) is 16.7 Å². The SMILES string of the molecule is O=C(Nc1cccc(Br)c1)C1CCCCN1S(=O)(=O)c1ccc(Cl)s1. The molecule has 1 fully saturated rings. The lowest BCUT2D eigenvalue weighted by molar-refractivity contribution is -0.120. The third-order valence-electron chi connectivity index (χ3n) is 3.96. The van der Waals surface area contributed by atoms with Gasteiger partial charge >= 0.3 is 0 Å². The van der Waals surface area contributed by atoms with Crippen LogP contribution in [0.5, 0.6) is 0 Å². The van der Waals surface area contributed by atoms with Gasteiger partial charge < -0.3 is 5.32 Å². The van der Waals surface area contributed by atoms with Crippen molar-refractivity contribution in [3.05, 3.63) is 45.2 Å². The van der Waals surface area contributed by atoms with Crippen molar-refractivity contribution >= 4 is 60.5 Å². The Balaban J connectivity index is 1.84. The van der Waals surface area contributed by atoms with Crippen molar-refractivity contribution in [1.82, 2.24) is 4.31 Å². The molecule has 0 radical (unpaired) electrons. The summed E-state index contributed by atoms with van der Waals surface area (Å²) in [5, 5.41) is 2.81. The summed E-state index contributed by atoms with van der Waals surface area (Å²) in [7, 11) is -3.74. The highest BCUT2D eigenvalue weighted by molar-refractivity contribution is 9.10. The van der Waals surface area contributed by atoms with E-state index in [1.807, 2.05) is 12.1 Å². The molecule has 25 heavy (non-hydrogen) atoms. The average Bonchev–Trinajstić information content (AvgIpc) is 3.02. The van der Waals surface area contributed by atoms with Crippen LogP contribution in [0.3, 0.4) is 0 Å². The van der Waals surface area contributed by atoms with Crippen molar-refractivity contribution in [2.24, 2.45) is 0 Å². The zero-order valence-electron chi connectivity index (χ0n) is 13.1. The second-order valence-electron chi connectivity index (χ2n) is 5.69. The summed E-state index contributed by atoms with van der Waals surface area (Å²) in [6.45, 7) is 0.328. The number of halogens is 2. The number of carbonyl (C=O) groups excluding carboxylic acids is 1. The monoisotopic (exact) mass is 462 g/mol. The second-order valence-corrected chi connectivity index (χ2v) is 10.4. The second kappa shape index (κ2) is 7.75. The third-order valence-corrected chi connectivity index (χ3v) is 8.06. The largest absolute Gasteiger partial charge is 0.325 e. The first-order chi connectivity index (χ1) is 11.9. The molecule has 2 aromatic rings. The zero-order valence-corrected chi connectivity index (χ0v) is 17.1. The fraction of sp³-hybridized carbons (Fsp3) is 0.312. The van der Waals surface area contributed by atoms with E-state index in [0.717, 1.165) is 28.7 Å². The highest BCUT2D eigenvalue weighted by Crippen LogP contribution is 2.32. The minimum absolute atomic E-state index is 0.166. The molecule has 1 saturated heterocycles. The van der Waals surface area contributed by atoms with Crippen molar-refractivity contribution < 1.29 is 13.2 Å². The maximum Gasteiger partial charge on any atom is 0.253 e. The van der Waals surface area contributed by atoms with Crippen LogP contribution >= 0.6 is 38.9 Å². The Labute approximate surface area is 164 Å².